The van der Waals surface area contributed by atoms with Gasteiger partial charge in [0, 0.05) is 18.7 Å². The first-order valence-corrected chi connectivity index (χ1v) is 7.74. The molecule has 1 unspecified atom stereocenters. The Labute approximate surface area is 128 Å². The van der Waals surface area contributed by atoms with Gasteiger partial charge in [-0.2, -0.15) is 10.2 Å². The first-order chi connectivity index (χ1) is 10.1. The zero-order valence-electron chi connectivity index (χ0n) is 12.7. The number of unbranched alkanes of at least 4 members (excludes halogenated alkanes) is 1. The summed E-state index contributed by atoms with van der Waals surface area (Å²) in [5.74, 6) is 0.680. The second kappa shape index (κ2) is 6.80. The van der Waals surface area contributed by atoms with Gasteiger partial charge in [0.25, 0.3) is 5.56 Å². The molecule has 2 heterocycles. The van der Waals surface area contributed by atoms with Crippen LogP contribution in [0, 0.1) is 4.77 Å². The molecule has 6 nitrogen and oxygen atoms in total. The van der Waals surface area contributed by atoms with E-state index in [9.17, 15) is 4.79 Å². The molecule has 0 amide bonds. The van der Waals surface area contributed by atoms with E-state index < -0.39 is 0 Å². The van der Waals surface area contributed by atoms with Crippen LogP contribution in [0.25, 0.3) is 11.5 Å². The van der Waals surface area contributed by atoms with E-state index in [4.69, 9.17) is 12.2 Å². The summed E-state index contributed by atoms with van der Waals surface area (Å²) in [5.41, 5.74) is 0.578. The molecule has 0 aliphatic carbocycles. The topological polar surface area (TPSA) is 68.5 Å². The molecule has 0 aliphatic rings. The molecule has 2 aromatic heterocycles. The molecule has 0 spiro atoms. The highest BCUT2D eigenvalue weighted by Gasteiger charge is 2.15. The van der Waals surface area contributed by atoms with Gasteiger partial charge in [-0.25, -0.2) is 4.68 Å². The van der Waals surface area contributed by atoms with Crippen molar-refractivity contribution in [2.75, 3.05) is 0 Å². The summed E-state index contributed by atoms with van der Waals surface area (Å²) in [6.45, 7) is 6.89. The van der Waals surface area contributed by atoms with Crippen LogP contribution in [0.3, 0.4) is 0 Å². The number of nitrogens with one attached hydrogen (secondary N) is 1. The molecule has 21 heavy (non-hydrogen) atoms. The minimum absolute atomic E-state index is 0.0866. The van der Waals surface area contributed by atoms with Crippen LogP contribution >= 0.6 is 12.2 Å². The Balaban J connectivity index is 2.48. The van der Waals surface area contributed by atoms with Crippen molar-refractivity contribution in [3.05, 3.63) is 27.3 Å². The quantitative estimate of drug-likeness (QED) is 0.833. The lowest BCUT2D eigenvalue weighted by Gasteiger charge is -2.13. The van der Waals surface area contributed by atoms with Crippen LogP contribution in [0.15, 0.2) is 16.9 Å². The van der Waals surface area contributed by atoms with E-state index in [1.54, 1.807) is 6.07 Å². The first kappa shape index (κ1) is 15.6. The van der Waals surface area contributed by atoms with E-state index in [1.807, 2.05) is 4.57 Å². The van der Waals surface area contributed by atoms with Crippen LogP contribution in [0.1, 0.15) is 46.1 Å². The Morgan fingerprint density at radius 2 is 2.14 bits per heavy atom. The van der Waals surface area contributed by atoms with Gasteiger partial charge in [0.05, 0.1) is 0 Å². The number of hydrogen-bond donors (Lipinski definition) is 1. The van der Waals surface area contributed by atoms with Crippen molar-refractivity contribution in [2.45, 2.75) is 52.6 Å². The van der Waals surface area contributed by atoms with E-state index in [-0.39, 0.29) is 11.6 Å². The highest BCUT2D eigenvalue weighted by Crippen LogP contribution is 2.20. The SMILES string of the molecule is CCCCn1nc(-c2n[nH]c(=S)n2C(C)CC)ccc1=O. The Morgan fingerprint density at radius 3 is 2.81 bits per heavy atom. The fraction of sp³-hybridized carbons (Fsp3) is 0.571. The van der Waals surface area contributed by atoms with Crippen molar-refractivity contribution in [1.82, 2.24) is 24.5 Å². The zero-order chi connectivity index (χ0) is 15.4. The molecular weight excluding hydrogens is 286 g/mol. The number of aromatic nitrogens is 5. The lowest BCUT2D eigenvalue weighted by molar-refractivity contribution is 0.520. The summed E-state index contributed by atoms with van der Waals surface area (Å²) in [6.07, 6.45) is 2.88. The zero-order valence-corrected chi connectivity index (χ0v) is 13.5. The monoisotopic (exact) mass is 307 g/mol. The lowest BCUT2D eigenvalue weighted by Crippen LogP contribution is -2.22. The lowest BCUT2D eigenvalue weighted by atomic mass is 10.2. The summed E-state index contributed by atoms with van der Waals surface area (Å²) in [7, 11) is 0. The van der Waals surface area contributed by atoms with E-state index in [0.29, 0.717) is 22.8 Å². The van der Waals surface area contributed by atoms with Crippen molar-refractivity contribution >= 4 is 12.2 Å². The average Bonchev–Trinajstić information content (AvgIpc) is 2.87. The molecular formula is C14H21N5OS. The Hall–Kier alpha value is -1.76. The maximum absolute atomic E-state index is 11.8. The van der Waals surface area contributed by atoms with Crippen LogP contribution in [-0.2, 0) is 6.54 Å². The van der Waals surface area contributed by atoms with E-state index in [1.165, 1.54) is 10.7 Å². The van der Waals surface area contributed by atoms with Crippen molar-refractivity contribution < 1.29 is 0 Å². The van der Waals surface area contributed by atoms with E-state index in [2.05, 4.69) is 36.1 Å². The average molecular weight is 307 g/mol. The minimum Gasteiger partial charge on any atom is -0.296 e. The number of aryl methyl sites for hydroxylation is 1. The number of H-pyrrole nitrogens is 1. The van der Waals surface area contributed by atoms with Crippen molar-refractivity contribution in [3.8, 4) is 11.5 Å². The van der Waals surface area contributed by atoms with Crippen LogP contribution in [0.2, 0.25) is 0 Å². The third-order valence-corrected chi connectivity index (χ3v) is 3.84. The molecule has 0 saturated heterocycles. The Morgan fingerprint density at radius 1 is 1.38 bits per heavy atom. The standard InChI is InChI=1S/C14H21N5OS/c1-4-6-9-18-12(20)8-7-11(17-18)13-15-16-14(21)19(13)10(3)5-2/h7-8,10H,4-6,9H2,1-3H3,(H,16,21). The largest absolute Gasteiger partial charge is 0.296 e. The van der Waals surface area contributed by atoms with Crippen LogP contribution in [-0.4, -0.2) is 24.5 Å². The van der Waals surface area contributed by atoms with Gasteiger partial charge in [0.1, 0.15) is 5.69 Å². The third kappa shape index (κ3) is 3.29. The second-order valence-corrected chi connectivity index (χ2v) is 5.50. The molecule has 0 radical (unpaired) electrons. The smallest absolute Gasteiger partial charge is 0.266 e. The summed E-state index contributed by atoms with van der Waals surface area (Å²) in [6, 6.07) is 3.47. The summed E-state index contributed by atoms with van der Waals surface area (Å²) < 4.78 is 4.02. The summed E-state index contributed by atoms with van der Waals surface area (Å²) in [5, 5.41) is 11.5. The molecule has 1 N–H and O–H groups in total. The van der Waals surface area contributed by atoms with Gasteiger partial charge in [-0.3, -0.25) is 14.5 Å². The summed E-state index contributed by atoms with van der Waals surface area (Å²) >= 11 is 5.29. The highest BCUT2D eigenvalue weighted by molar-refractivity contribution is 7.71. The molecule has 0 aromatic carbocycles. The number of aromatic amines is 1. The van der Waals surface area contributed by atoms with Crippen LogP contribution < -0.4 is 5.56 Å². The normalized spacial score (nSPS) is 12.5. The van der Waals surface area contributed by atoms with Crippen LogP contribution in [0.5, 0.6) is 0 Å². The molecule has 2 aromatic rings. The molecule has 2 rings (SSSR count). The van der Waals surface area contributed by atoms with E-state index >= 15 is 0 Å². The van der Waals surface area contributed by atoms with E-state index in [0.717, 1.165) is 19.3 Å². The third-order valence-electron chi connectivity index (χ3n) is 3.56. The first-order valence-electron chi connectivity index (χ1n) is 7.33. The Kier molecular flexibility index (Phi) is 5.06. The van der Waals surface area contributed by atoms with Crippen molar-refractivity contribution in [2.24, 2.45) is 0 Å². The molecule has 1 atom stereocenters. The fourth-order valence-electron chi connectivity index (χ4n) is 2.11. The highest BCUT2D eigenvalue weighted by atomic mass is 32.1. The van der Waals surface area contributed by atoms with Gasteiger partial charge in [-0.1, -0.05) is 20.3 Å². The van der Waals surface area contributed by atoms with Gasteiger partial charge in [-0.15, -0.1) is 0 Å². The molecule has 0 bridgehead atoms. The Bertz CT molecular complexity index is 715. The molecule has 114 valence electrons. The fourth-order valence-corrected chi connectivity index (χ4v) is 2.43. The molecule has 7 heteroatoms. The second-order valence-electron chi connectivity index (χ2n) is 5.11. The molecule has 0 saturated carbocycles. The molecule has 0 fully saturated rings. The van der Waals surface area contributed by atoms with Gasteiger partial charge < -0.3 is 0 Å². The number of rotatable bonds is 6. The predicted molar refractivity (Wildman–Crippen MR) is 84.8 cm³/mol. The van der Waals surface area contributed by atoms with Gasteiger partial charge in [0.2, 0.25) is 0 Å². The van der Waals surface area contributed by atoms with Crippen molar-refractivity contribution in [3.63, 3.8) is 0 Å². The molecule has 0 aliphatic heterocycles. The van der Waals surface area contributed by atoms with Gasteiger partial charge >= 0.3 is 0 Å². The van der Waals surface area contributed by atoms with Gasteiger partial charge in [0.15, 0.2) is 10.6 Å². The minimum atomic E-state index is -0.0866. The maximum Gasteiger partial charge on any atom is 0.266 e. The number of hydrogen-bond acceptors (Lipinski definition) is 4. The predicted octanol–water partition coefficient (Wildman–Crippen LogP) is 2.94. The van der Waals surface area contributed by atoms with Crippen molar-refractivity contribution in [1.29, 1.82) is 0 Å². The number of nitrogens with zero attached hydrogens (tertiary/aromatic N) is 4. The summed E-state index contributed by atoms with van der Waals surface area (Å²) in [4.78, 5) is 11.8. The van der Waals surface area contributed by atoms with Crippen LogP contribution in [0.4, 0.5) is 0 Å². The van der Waals surface area contributed by atoms with Gasteiger partial charge in [-0.05, 0) is 38.0 Å². The maximum atomic E-state index is 11.8.